The lowest BCUT2D eigenvalue weighted by atomic mass is 9.67. The Hall–Kier alpha value is -0.810. The van der Waals surface area contributed by atoms with Crippen molar-refractivity contribution in [2.45, 2.75) is 37.9 Å². The second-order valence-corrected chi connectivity index (χ2v) is 5.91. The third-order valence-electron chi connectivity index (χ3n) is 4.43. The molecule has 0 radical (unpaired) electrons. The van der Waals surface area contributed by atoms with Crippen LogP contribution in [0, 0.1) is 17.8 Å². The molecule has 2 heterocycles. The Bertz CT molecular complexity index is 385. The molecular formula is C13H17ClO5. The quantitative estimate of drug-likeness (QED) is 0.445. The van der Waals surface area contributed by atoms with Gasteiger partial charge in [-0.05, 0) is 37.5 Å². The van der Waals surface area contributed by atoms with Crippen molar-refractivity contribution in [2.24, 2.45) is 17.8 Å². The van der Waals surface area contributed by atoms with Crippen molar-refractivity contribution in [1.82, 2.24) is 0 Å². The Morgan fingerprint density at radius 1 is 1.32 bits per heavy atom. The van der Waals surface area contributed by atoms with Gasteiger partial charge in [-0.15, -0.1) is 11.6 Å². The second kappa shape index (κ2) is 5.29. The molecule has 5 unspecified atom stereocenters. The smallest absolute Gasteiger partial charge is 0.322 e. The molecule has 0 aromatic heterocycles. The number of hydrogen-bond acceptors (Lipinski definition) is 5. The normalized spacial score (nSPS) is 39.8. The number of carbonyl (C=O) groups is 2. The van der Waals surface area contributed by atoms with E-state index in [1.807, 2.05) is 0 Å². The van der Waals surface area contributed by atoms with Gasteiger partial charge in [0.05, 0.1) is 5.92 Å². The van der Waals surface area contributed by atoms with Crippen molar-refractivity contribution in [2.75, 3.05) is 12.7 Å². The maximum absolute atomic E-state index is 11.9. The molecule has 0 spiro atoms. The highest BCUT2D eigenvalue weighted by molar-refractivity contribution is 6.26. The molecule has 0 N–H and O–H groups in total. The van der Waals surface area contributed by atoms with Crippen LogP contribution in [0.5, 0.6) is 0 Å². The molecule has 2 aliphatic carbocycles. The number of ether oxygens (including phenoxy) is 3. The number of carbonyl (C=O) groups excluding carboxylic acids is 2. The molecule has 4 fully saturated rings. The predicted octanol–water partition coefficient (Wildman–Crippen LogP) is 1.47. The maximum Gasteiger partial charge on any atom is 0.322 e. The van der Waals surface area contributed by atoms with Gasteiger partial charge in [0.1, 0.15) is 18.1 Å². The van der Waals surface area contributed by atoms with E-state index in [2.05, 4.69) is 0 Å². The van der Waals surface area contributed by atoms with Crippen LogP contribution in [0.25, 0.3) is 0 Å². The predicted molar refractivity (Wildman–Crippen MR) is 65.4 cm³/mol. The Morgan fingerprint density at radius 2 is 2.16 bits per heavy atom. The molecule has 5 nitrogen and oxygen atoms in total. The summed E-state index contributed by atoms with van der Waals surface area (Å²) in [6.45, 7) is -0.115. The average molecular weight is 289 g/mol. The molecule has 5 atom stereocenters. The van der Waals surface area contributed by atoms with Crippen LogP contribution in [-0.2, 0) is 23.8 Å². The lowest BCUT2D eigenvalue weighted by molar-refractivity contribution is -0.183. The minimum atomic E-state index is -0.500. The van der Waals surface area contributed by atoms with Crippen molar-refractivity contribution < 1.29 is 23.8 Å². The highest BCUT2D eigenvalue weighted by atomic mass is 35.5. The van der Waals surface area contributed by atoms with Gasteiger partial charge in [-0.1, -0.05) is 0 Å². The number of esters is 2. The molecule has 2 aliphatic heterocycles. The van der Waals surface area contributed by atoms with E-state index in [1.165, 1.54) is 0 Å². The third kappa shape index (κ3) is 2.58. The van der Waals surface area contributed by atoms with E-state index in [0.717, 1.165) is 25.7 Å². The van der Waals surface area contributed by atoms with Crippen LogP contribution >= 0.6 is 11.6 Å². The number of rotatable bonds is 4. The van der Waals surface area contributed by atoms with E-state index >= 15 is 0 Å². The summed E-state index contributed by atoms with van der Waals surface area (Å²) in [4.78, 5) is 22.8. The third-order valence-corrected chi connectivity index (χ3v) is 4.65. The first-order valence-electron chi connectivity index (χ1n) is 6.71. The fraction of sp³-hybridized carbons (Fsp3) is 0.846. The van der Waals surface area contributed by atoms with Gasteiger partial charge in [-0.3, -0.25) is 9.59 Å². The van der Waals surface area contributed by atoms with E-state index in [9.17, 15) is 9.59 Å². The molecule has 2 saturated heterocycles. The van der Waals surface area contributed by atoms with Crippen LogP contribution in [0.2, 0.25) is 0 Å². The molecule has 19 heavy (non-hydrogen) atoms. The first kappa shape index (κ1) is 13.2. The summed E-state index contributed by atoms with van der Waals surface area (Å²) in [7, 11) is 0. The van der Waals surface area contributed by atoms with E-state index in [4.69, 9.17) is 25.8 Å². The summed E-state index contributed by atoms with van der Waals surface area (Å²) in [6, 6.07) is 0. The number of fused-ring (bicyclic) bond motifs is 1. The summed E-state index contributed by atoms with van der Waals surface area (Å²) in [5, 5.41) is 0. The molecule has 4 bridgehead atoms. The standard InChI is InChI=1S/C13H17ClO5/c14-5-11(15)17-6-18-12-8-1-7-2-9(4-8)13(16)19-10(12)3-7/h7-10,12H,1-6H2. The van der Waals surface area contributed by atoms with Crippen LogP contribution in [0.1, 0.15) is 25.7 Å². The van der Waals surface area contributed by atoms with Crippen molar-refractivity contribution in [3.05, 3.63) is 0 Å². The van der Waals surface area contributed by atoms with Crippen molar-refractivity contribution in [3.8, 4) is 0 Å². The largest absolute Gasteiger partial charge is 0.459 e. The molecule has 0 amide bonds. The van der Waals surface area contributed by atoms with Crippen molar-refractivity contribution >= 4 is 23.5 Å². The molecule has 4 aliphatic rings. The number of halogens is 1. The summed E-state index contributed by atoms with van der Waals surface area (Å²) < 4.78 is 16.0. The maximum atomic E-state index is 11.9. The number of hydrogen-bond donors (Lipinski definition) is 0. The molecule has 106 valence electrons. The van der Waals surface area contributed by atoms with Gasteiger partial charge in [0.15, 0.2) is 6.79 Å². The number of alkyl halides is 1. The van der Waals surface area contributed by atoms with E-state index in [1.54, 1.807) is 0 Å². The van der Waals surface area contributed by atoms with Crippen LogP contribution < -0.4 is 0 Å². The van der Waals surface area contributed by atoms with E-state index in [-0.39, 0.29) is 36.8 Å². The topological polar surface area (TPSA) is 61.8 Å². The second-order valence-electron chi connectivity index (χ2n) is 5.64. The van der Waals surface area contributed by atoms with Crippen LogP contribution in [-0.4, -0.2) is 36.8 Å². The lowest BCUT2D eigenvalue weighted by Crippen LogP contribution is -2.44. The van der Waals surface area contributed by atoms with Gasteiger partial charge >= 0.3 is 11.9 Å². The zero-order chi connectivity index (χ0) is 13.4. The van der Waals surface area contributed by atoms with E-state index in [0.29, 0.717) is 11.8 Å². The first-order valence-corrected chi connectivity index (χ1v) is 7.24. The molecular weight excluding hydrogens is 272 g/mol. The van der Waals surface area contributed by atoms with Gasteiger partial charge in [-0.25, -0.2) is 0 Å². The molecule has 6 heteroatoms. The highest BCUT2D eigenvalue weighted by Crippen LogP contribution is 2.48. The minimum Gasteiger partial charge on any atom is -0.459 e. The highest BCUT2D eigenvalue weighted by Gasteiger charge is 2.50. The summed E-state index contributed by atoms with van der Waals surface area (Å²) >= 11 is 5.34. The summed E-state index contributed by atoms with van der Waals surface area (Å²) in [6.07, 6.45) is 3.41. The Kier molecular flexibility index (Phi) is 3.67. The van der Waals surface area contributed by atoms with Gasteiger partial charge < -0.3 is 14.2 Å². The average Bonchev–Trinajstić information content (AvgIpc) is 2.56. The minimum absolute atomic E-state index is 0.0349. The molecule has 0 aromatic rings. The first-order chi connectivity index (χ1) is 9.17. The van der Waals surface area contributed by atoms with Crippen molar-refractivity contribution in [3.63, 3.8) is 0 Å². The monoisotopic (exact) mass is 288 g/mol. The van der Waals surface area contributed by atoms with Crippen LogP contribution in [0.4, 0.5) is 0 Å². The van der Waals surface area contributed by atoms with Gasteiger partial charge in [0.2, 0.25) is 0 Å². The van der Waals surface area contributed by atoms with Gasteiger partial charge in [-0.2, -0.15) is 0 Å². The van der Waals surface area contributed by atoms with Gasteiger partial charge in [0, 0.05) is 0 Å². The Morgan fingerprint density at radius 3 is 2.95 bits per heavy atom. The molecule has 4 rings (SSSR count). The Balaban J connectivity index is 1.63. The van der Waals surface area contributed by atoms with Crippen molar-refractivity contribution in [1.29, 1.82) is 0 Å². The zero-order valence-electron chi connectivity index (χ0n) is 10.5. The van der Waals surface area contributed by atoms with E-state index < -0.39 is 5.97 Å². The molecule has 2 saturated carbocycles. The van der Waals surface area contributed by atoms with Crippen LogP contribution in [0.15, 0.2) is 0 Å². The SMILES string of the molecule is O=C(CCl)OCOC1C2CC3CC(C2)C(=O)OC1C3. The zero-order valence-corrected chi connectivity index (χ0v) is 11.3. The fourth-order valence-electron chi connectivity index (χ4n) is 3.72. The Labute approximate surface area is 116 Å². The lowest BCUT2D eigenvalue weighted by Gasteiger charge is -2.41. The summed E-state index contributed by atoms with van der Waals surface area (Å²) in [5.41, 5.74) is 0. The fourth-order valence-corrected chi connectivity index (χ4v) is 3.80. The molecule has 0 aromatic carbocycles. The van der Waals surface area contributed by atoms with Crippen LogP contribution in [0.3, 0.4) is 0 Å². The summed E-state index contributed by atoms with van der Waals surface area (Å²) in [5.74, 6) is 0.184. The van der Waals surface area contributed by atoms with Gasteiger partial charge in [0.25, 0.3) is 0 Å².